The standard InChI is InChI=1S/C38H25ClN2O/c39-32-22-21-30(36-31-14-5-6-18-35(31)42-37(32)36)34-17-8-16-33(29-15-7-12-25-10-3-4-13-28(25)29)40-38(41-34)27-20-19-24-9-1-2-11-26(24)23-27/h1-7,9-16,18-23H,8,17H2/b33-16-,40-38?,41-34?. The van der Waals surface area contributed by atoms with Crippen molar-refractivity contribution in [2.75, 3.05) is 0 Å². The van der Waals surface area contributed by atoms with Crippen LogP contribution < -0.4 is 0 Å². The van der Waals surface area contributed by atoms with E-state index in [1.807, 2.05) is 24.3 Å². The third kappa shape index (κ3) is 4.22. The molecule has 6 aromatic carbocycles. The second kappa shape index (κ2) is 10.1. The number of hydrogen-bond donors (Lipinski definition) is 0. The summed E-state index contributed by atoms with van der Waals surface area (Å²) in [6.07, 6.45) is 3.79. The third-order valence-corrected chi connectivity index (χ3v) is 8.35. The highest BCUT2D eigenvalue weighted by Crippen LogP contribution is 2.37. The van der Waals surface area contributed by atoms with Gasteiger partial charge in [0, 0.05) is 27.5 Å². The summed E-state index contributed by atoms with van der Waals surface area (Å²) in [5, 5.41) is 7.34. The fourth-order valence-electron chi connectivity index (χ4n) is 6.02. The SMILES string of the molecule is Clc1ccc(C2=NC(c3ccc4ccccc4c3)=N/C(c3cccc4ccccc34)=C\CC2)c2c1oc1ccccc12. The molecular formula is C38H25ClN2O. The van der Waals surface area contributed by atoms with E-state index in [1.165, 1.54) is 16.2 Å². The number of aliphatic imine (C=N–C) groups is 2. The summed E-state index contributed by atoms with van der Waals surface area (Å²) in [7, 11) is 0. The van der Waals surface area contributed by atoms with Gasteiger partial charge in [-0.3, -0.25) is 0 Å². The Morgan fingerprint density at radius 1 is 0.619 bits per heavy atom. The molecule has 0 N–H and O–H groups in total. The number of benzene rings is 6. The van der Waals surface area contributed by atoms with Crippen LogP contribution in [-0.4, -0.2) is 11.5 Å². The van der Waals surface area contributed by atoms with Crippen molar-refractivity contribution in [1.29, 1.82) is 0 Å². The van der Waals surface area contributed by atoms with E-state index in [9.17, 15) is 0 Å². The Morgan fingerprint density at radius 3 is 2.29 bits per heavy atom. The molecule has 1 aromatic heterocycles. The van der Waals surface area contributed by atoms with Gasteiger partial charge in [-0.05, 0) is 52.6 Å². The monoisotopic (exact) mass is 560 g/mol. The Morgan fingerprint density at radius 2 is 1.38 bits per heavy atom. The van der Waals surface area contributed by atoms with E-state index >= 15 is 0 Å². The first kappa shape index (κ1) is 24.8. The Hall–Kier alpha value is -4.99. The van der Waals surface area contributed by atoms with Crippen molar-refractivity contribution < 1.29 is 4.42 Å². The smallest absolute Gasteiger partial charge is 0.160 e. The molecule has 42 heavy (non-hydrogen) atoms. The molecule has 0 radical (unpaired) electrons. The summed E-state index contributed by atoms with van der Waals surface area (Å²) in [5.41, 5.74) is 6.51. The van der Waals surface area contributed by atoms with Gasteiger partial charge in [-0.1, -0.05) is 121 Å². The molecule has 0 amide bonds. The normalized spacial score (nSPS) is 15.3. The minimum Gasteiger partial charge on any atom is -0.454 e. The molecule has 1 aliphatic rings. The van der Waals surface area contributed by atoms with Crippen molar-refractivity contribution in [2.45, 2.75) is 12.8 Å². The van der Waals surface area contributed by atoms with E-state index in [0.29, 0.717) is 16.4 Å². The van der Waals surface area contributed by atoms with Gasteiger partial charge in [0.15, 0.2) is 11.4 Å². The highest BCUT2D eigenvalue weighted by molar-refractivity contribution is 6.37. The second-order valence-corrected chi connectivity index (χ2v) is 11.0. The maximum Gasteiger partial charge on any atom is 0.160 e. The van der Waals surface area contributed by atoms with Gasteiger partial charge in [0.1, 0.15) is 5.58 Å². The molecule has 0 bridgehead atoms. The Bertz CT molecular complexity index is 2270. The summed E-state index contributed by atoms with van der Waals surface area (Å²) >= 11 is 6.65. The number of allylic oxidation sites excluding steroid dienone is 1. The maximum atomic E-state index is 6.65. The number of halogens is 1. The van der Waals surface area contributed by atoms with Gasteiger partial charge >= 0.3 is 0 Å². The van der Waals surface area contributed by atoms with E-state index < -0.39 is 0 Å². The minimum absolute atomic E-state index is 0.595. The molecule has 3 nitrogen and oxygen atoms in total. The van der Waals surface area contributed by atoms with Gasteiger partial charge in [-0.25, -0.2) is 9.98 Å². The second-order valence-electron chi connectivity index (χ2n) is 10.6. The lowest BCUT2D eigenvalue weighted by Gasteiger charge is -2.15. The zero-order chi connectivity index (χ0) is 28.0. The largest absolute Gasteiger partial charge is 0.454 e. The van der Waals surface area contributed by atoms with E-state index in [1.54, 1.807) is 0 Å². The Labute approximate surface area is 248 Å². The fraction of sp³-hybridized carbons (Fsp3) is 0.0526. The molecule has 2 heterocycles. The van der Waals surface area contributed by atoms with Crippen molar-refractivity contribution in [1.82, 2.24) is 0 Å². The van der Waals surface area contributed by atoms with Crippen LogP contribution in [0.3, 0.4) is 0 Å². The molecule has 0 unspecified atom stereocenters. The number of para-hydroxylation sites is 1. The topological polar surface area (TPSA) is 37.9 Å². The molecule has 0 spiro atoms. The average molecular weight is 561 g/mol. The van der Waals surface area contributed by atoms with Crippen LogP contribution in [0.15, 0.2) is 142 Å². The molecule has 1 aliphatic heterocycles. The predicted octanol–water partition coefficient (Wildman–Crippen LogP) is 10.6. The molecule has 8 rings (SSSR count). The van der Waals surface area contributed by atoms with Gasteiger partial charge in [-0.2, -0.15) is 0 Å². The first-order chi connectivity index (χ1) is 20.7. The number of fused-ring (bicyclic) bond motifs is 5. The van der Waals surface area contributed by atoms with Crippen molar-refractivity contribution in [3.8, 4) is 0 Å². The van der Waals surface area contributed by atoms with E-state index in [0.717, 1.165) is 62.7 Å². The van der Waals surface area contributed by atoms with Crippen LogP contribution in [0.4, 0.5) is 0 Å². The van der Waals surface area contributed by atoms with Crippen LogP contribution in [0.1, 0.15) is 29.5 Å². The van der Waals surface area contributed by atoms with Crippen molar-refractivity contribution in [2.24, 2.45) is 9.98 Å². The summed E-state index contributed by atoms with van der Waals surface area (Å²) in [5.74, 6) is 0.686. The van der Waals surface area contributed by atoms with Crippen molar-refractivity contribution in [3.05, 3.63) is 149 Å². The zero-order valence-electron chi connectivity index (χ0n) is 22.7. The Kier molecular flexibility index (Phi) is 5.98. The number of hydrogen-bond acceptors (Lipinski definition) is 3. The van der Waals surface area contributed by atoms with Crippen LogP contribution in [0.2, 0.25) is 5.02 Å². The molecule has 0 saturated carbocycles. The van der Waals surface area contributed by atoms with Crippen molar-refractivity contribution in [3.63, 3.8) is 0 Å². The van der Waals surface area contributed by atoms with E-state index in [4.69, 9.17) is 26.0 Å². The summed E-state index contributed by atoms with van der Waals surface area (Å²) < 4.78 is 6.22. The van der Waals surface area contributed by atoms with Crippen LogP contribution in [-0.2, 0) is 0 Å². The molecule has 200 valence electrons. The lowest BCUT2D eigenvalue weighted by Crippen LogP contribution is -2.10. The minimum atomic E-state index is 0.595. The summed E-state index contributed by atoms with van der Waals surface area (Å²) in [4.78, 5) is 10.6. The summed E-state index contributed by atoms with van der Waals surface area (Å²) in [6.45, 7) is 0. The molecule has 7 aromatic rings. The highest BCUT2D eigenvalue weighted by Gasteiger charge is 2.20. The number of nitrogens with zero attached hydrogens (tertiary/aromatic N) is 2. The molecule has 4 heteroatoms. The van der Waals surface area contributed by atoms with E-state index in [2.05, 4.69) is 103 Å². The molecule has 0 atom stereocenters. The lowest BCUT2D eigenvalue weighted by atomic mass is 9.97. The molecular weight excluding hydrogens is 536 g/mol. The highest BCUT2D eigenvalue weighted by atomic mass is 35.5. The van der Waals surface area contributed by atoms with Crippen LogP contribution in [0, 0.1) is 0 Å². The van der Waals surface area contributed by atoms with Gasteiger partial charge in [-0.15, -0.1) is 0 Å². The first-order valence-corrected chi connectivity index (χ1v) is 14.5. The van der Waals surface area contributed by atoms with Gasteiger partial charge in [0.05, 0.1) is 16.4 Å². The van der Waals surface area contributed by atoms with Gasteiger partial charge in [0.25, 0.3) is 0 Å². The number of amidine groups is 1. The third-order valence-electron chi connectivity index (χ3n) is 8.05. The summed E-state index contributed by atoms with van der Waals surface area (Å²) in [6, 6.07) is 41.8. The molecule has 0 aliphatic carbocycles. The van der Waals surface area contributed by atoms with Crippen molar-refractivity contribution >= 4 is 72.3 Å². The molecule has 0 fully saturated rings. The van der Waals surface area contributed by atoms with Gasteiger partial charge in [0.2, 0.25) is 0 Å². The first-order valence-electron chi connectivity index (χ1n) is 14.2. The fourth-order valence-corrected chi connectivity index (χ4v) is 6.22. The number of furan rings is 1. The lowest BCUT2D eigenvalue weighted by molar-refractivity contribution is 0.669. The Balaban J connectivity index is 1.37. The van der Waals surface area contributed by atoms with Gasteiger partial charge < -0.3 is 4.42 Å². The van der Waals surface area contributed by atoms with Crippen LogP contribution in [0.25, 0.3) is 49.2 Å². The van der Waals surface area contributed by atoms with E-state index in [-0.39, 0.29) is 0 Å². The zero-order valence-corrected chi connectivity index (χ0v) is 23.5. The molecule has 0 saturated heterocycles. The van der Waals surface area contributed by atoms with Crippen LogP contribution >= 0.6 is 11.6 Å². The predicted molar refractivity (Wildman–Crippen MR) is 177 cm³/mol. The van der Waals surface area contributed by atoms with Crippen LogP contribution in [0.5, 0.6) is 0 Å². The maximum absolute atomic E-state index is 6.65. The quantitative estimate of drug-likeness (QED) is 0.212. The average Bonchev–Trinajstić information content (AvgIpc) is 3.42. The number of rotatable bonds is 3.